The minimum absolute atomic E-state index is 0.698. The Hall–Kier alpha value is -1.06. The van der Waals surface area contributed by atoms with Crippen molar-refractivity contribution >= 4 is 5.69 Å². The van der Waals surface area contributed by atoms with Crippen LogP contribution in [0.1, 0.15) is 33.3 Å². The number of nitrogens with zero attached hydrogens (tertiary/aromatic N) is 1. The molecule has 0 spiro atoms. The van der Waals surface area contributed by atoms with E-state index in [0.29, 0.717) is 5.92 Å². The molecule has 0 saturated heterocycles. The molecular formula is C17H30N2O. The molecule has 0 saturated carbocycles. The fourth-order valence-corrected chi connectivity index (χ4v) is 2.12. The van der Waals surface area contributed by atoms with Gasteiger partial charge in [0, 0.05) is 31.9 Å². The number of hydrogen-bond acceptors (Lipinski definition) is 3. The van der Waals surface area contributed by atoms with Crippen LogP contribution in [0.2, 0.25) is 0 Å². The first-order valence-electron chi connectivity index (χ1n) is 7.79. The van der Waals surface area contributed by atoms with Crippen LogP contribution in [0.5, 0.6) is 0 Å². The van der Waals surface area contributed by atoms with Crippen LogP contribution in [0, 0.1) is 5.92 Å². The highest BCUT2D eigenvalue weighted by atomic mass is 16.5. The molecule has 0 radical (unpaired) electrons. The van der Waals surface area contributed by atoms with Gasteiger partial charge in [0.25, 0.3) is 0 Å². The van der Waals surface area contributed by atoms with E-state index >= 15 is 0 Å². The Bertz CT molecular complexity index is 349. The Morgan fingerprint density at radius 3 is 2.40 bits per heavy atom. The van der Waals surface area contributed by atoms with Crippen LogP contribution in [-0.4, -0.2) is 32.8 Å². The van der Waals surface area contributed by atoms with Gasteiger partial charge in [-0.1, -0.05) is 26.0 Å². The Balaban J connectivity index is 2.46. The number of anilines is 1. The first-order valence-corrected chi connectivity index (χ1v) is 7.79. The van der Waals surface area contributed by atoms with Crippen molar-refractivity contribution in [3.63, 3.8) is 0 Å². The second-order valence-electron chi connectivity index (χ2n) is 5.47. The Labute approximate surface area is 124 Å². The zero-order valence-corrected chi connectivity index (χ0v) is 13.5. The van der Waals surface area contributed by atoms with Crippen molar-refractivity contribution in [2.24, 2.45) is 5.92 Å². The highest BCUT2D eigenvalue weighted by molar-refractivity contribution is 5.47. The number of rotatable bonds is 10. The maximum Gasteiger partial charge on any atom is 0.0641 e. The normalized spacial score (nSPS) is 11.1. The van der Waals surface area contributed by atoms with Crippen LogP contribution in [0.4, 0.5) is 5.69 Å². The summed E-state index contributed by atoms with van der Waals surface area (Å²) in [6, 6.07) is 8.85. The van der Waals surface area contributed by atoms with Crippen molar-refractivity contribution in [3.8, 4) is 0 Å². The molecule has 1 N–H and O–H groups in total. The third-order valence-corrected chi connectivity index (χ3v) is 3.27. The zero-order chi connectivity index (χ0) is 14.8. The molecule has 0 aromatic heterocycles. The molecule has 20 heavy (non-hydrogen) atoms. The van der Waals surface area contributed by atoms with Gasteiger partial charge in [-0.25, -0.2) is 0 Å². The van der Waals surface area contributed by atoms with Gasteiger partial charge >= 0.3 is 0 Å². The third-order valence-electron chi connectivity index (χ3n) is 3.27. The molecule has 1 rings (SSSR count). The van der Waals surface area contributed by atoms with Gasteiger partial charge in [0.2, 0.25) is 0 Å². The smallest absolute Gasteiger partial charge is 0.0641 e. The van der Waals surface area contributed by atoms with Gasteiger partial charge in [0.1, 0.15) is 0 Å². The van der Waals surface area contributed by atoms with Crippen molar-refractivity contribution in [2.75, 3.05) is 37.7 Å². The summed E-state index contributed by atoms with van der Waals surface area (Å²) in [6.45, 7) is 14.2. The lowest BCUT2D eigenvalue weighted by atomic mass is 10.1. The molecule has 0 bridgehead atoms. The van der Waals surface area contributed by atoms with E-state index in [0.717, 1.165) is 39.4 Å². The molecule has 1 aromatic carbocycles. The molecule has 0 aliphatic carbocycles. The summed E-state index contributed by atoms with van der Waals surface area (Å²) in [7, 11) is 0. The molecule has 3 nitrogen and oxygen atoms in total. The number of likely N-dealkylation sites (N-methyl/N-ethyl adjacent to an activating group) is 1. The predicted molar refractivity (Wildman–Crippen MR) is 87.4 cm³/mol. The second-order valence-corrected chi connectivity index (χ2v) is 5.47. The van der Waals surface area contributed by atoms with E-state index in [1.807, 2.05) is 6.92 Å². The molecule has 3 heteroatoms. The molecule has 0 fully saturated rings. The molecule has 0 atom stereocenters. The summed E-state index contributed by atoms with van der Waals surface area (Å²) >= 11 is 0. The molecular weight excluding hydrogens is 248 g/mol. The van der Waals surface area contributed by atoms with E-state index in [1.54, 1.807) is 0 Å². The predicted octanol–water partition coefficient (Wildman–Crippen LogP) is 3.30. The monoisotopic (exact) mass is 278 g/mol. The van der Waals surface area contributed by atoms with E-state index in [1.165, 1.54) is 11.3 Å². The van der Waals surface area contributed by atoms with E-state index < -0.39 is 0 Å². The van der Waals surface area contributed by atoms with E-state index in [2.05, 4.69) is 55.3 Å². The summed E-state index contributed by atoms with van der Waals surface area (Å²) in [4.78, 5) is 2.35. The average Bonchev–Trinajstić information content (AvgIpc) is 2.44. The van der Waals surface area contributed by atoms with Gasteiger partial charge in [-0.3, -0.25) is 0 Å². The van der Waals surface area contributed by atoms with Gasteiger partial charge < -0.3 is 15.0 Å². The Morgan fingerprint density at radius 2 is 1.85 bits per heavy atom. The Kier molecular flexibility index (Phi) is 8.31. The summed E-state index contributed by atoms with van der Waals surface area (Å²) < 4.78 is 5.43. The van der Waals surface area contributed by atoms with Crippen LogP contribution in [0.3, 0.4) is 0 Å². The van der Waals surface area contributed by atoms with Crippen molar-refractivity contribution in [3.05, 3.63) is 29.8 Å². The van der Waals surface area contributed by atoms with Gasteiger partial charge in [-0.2, -0.15) is 0 Å². The van der Waals surface area contributed by atoms with Crippen molar-refractivity contribution in [1.82, 2.24) is 5.32 Å². The van der Waals surface area contributed by atoms with E-state index in [9.17, 15) is 0 Å². The summed E-state index contributed by atoms with van der Waals surface area (Å²) in [6.07, 6.45) is 0. The quantitative estimate of drug-likeness (QED) is 0.665. The lowest BCUT2D eigenvalue weighted by Crippen LogP contribution is -2.27. The zero-order valence-electron chi connectivity index (χ0n) is 13.5. The van der Waals surface area contributed by atoms with Gasteiger partial charge in [-0.05, 0) is 44.0 Å². The number of benzene rings is 1. The molecule has 0 unspecified atom stereocenters. The number of nitrogens with one attached hydrogen (secondary N) is 1. The highest BCUT2D eigenvalue weighted by Gasteiger charge is 2.04. The van der Waals surface area contributed by atoms with Crippen LogP contribution in [0.25, 0.3) is 0 Å². The first kappa shape index (κ1) is 17.0. The fraction of sp³-hybridized carbons (Fsp3) is 0.647. The standard InChI is InChI=1S/C17H30N2O/c1-5-19(11-12-20-6-2)17-9-7-16(8-10-17)14-18-13-15(3)4/h7-10,15,18H,5-6,11-14H2,1-4H3. The Morgan fingerprint density at radius 1 is 1.15 bits per heavy atom. The summed E-state index contributed by atoms with van der Waals surface area (Å²) in [5.41, 5.74) is 2.62. The van der Waals surface area contributed by atoms with Crippen LogP contribution < -0.4 is 10.2 Å². The minimum Gasteiger partial charge on any atom is -0.380 e. The SMILES string of the molecule is CCOCCN(CC)c1ccc(CNCC(C)C)cc1. The number of hydrogen-bond donors (Lipinski definition) is 1. The van der Waals surface area contributed by atoms with Gasteiger partial charge in [0.15, 0.2) is 0 Å². The van der Waals surface area contributed by atoms with Crippen LogP contribution in [0.15, 0.2) is 24.3 Å². The average molecular weight is 278 g/mol. The minimum atomic E-state index is 0.698. The van der Waals surface area contributed by atoms with Gasteiger partial charge in [0.05, 0.1) is 6.61 Å². The summed E-state index contributed by atoms with van der Waals surface area (Å²) in [5.74, 6) is 0.698. The third kappa shape index (κ3) is 6.40. The molecule has 114 valence electrons. The van der Waals surface area contributed by atoms with Crippen molar-refractivity contribution in [2.45, 2.75) is 34.2 Å². The first-order chi connectivity index (χ1) is 9.67. The summed E-state index contributed by atoms with van der Waals surface area (Å²) in [5, 5.41) is 3.47. The van der Waals surface area contributed by atoms with Crippen LogP contribution >= 0.6 is 0 Å². The molecule has 0 aliphatic rings. The van der Waals surface area contributed by atoms with Crippen LogP contribution in [-0.2, 0) is 11.3 Å². The second kappa shape index (κ2) is 9.78. The molecule has 0 heterocycles. The van der Waals surface area contributed by atoms with Gasteiger partial charge in [-0.15, -0.1) is 0 Å². The molecule has 0 aliphatic heterocycles. The highest BCUT2D eigenvalue weighted by Crippen LogP contribution is 2.15. The molecule has 0 amide bonds. The fourth-order valence-electron chi connectivity index (χ4n) is 2.12. The van der Waals surface area contributed by atoms with E-state index in [4.69, 9.17) is 4.74 Å². The van der Waals surface area contributed by atoms with Crippen molar-refractivity contribution in [1.29, 1.82) is 0 Å². The van der Waals surface area contributed by atoms with Crippen molar-refractivity contribution < 1.29 is 4.74 Å². The van der Waals surface area contributed by atoms with E-state index in [-0.39, 0.29) is 0 Å². The lowest BCUT2D eigenvalue weighted by molar-refractivity contribution is 0.154. The maximum atomic E-state index is 5.43. The molecule has 1 aromatic rings. The topological polar surface area (TPSA) is 24.5 Å². The largest absolute Gasteiger partial charge is 0.380 e. The maximum absolute atomic E-state index is 5.43. The number of ether oxygens (including phenoxy) is 1. The lowest BCUT2D eigenvalue weighted by Gasteiger charge is -2.23.